The van der Waals surface area contributed by atoms with Crippen molar-refractivity contribution >= 4 is 15.2 Å². The third kappa shape index (κ3) is 10.7. The minimum Gasteiger partial charge on any atom is -0.507 e. The molecule has 208 valence electrons. The van der Waals surface area contributed by atoms with E-state index in [-0.39, 0.29) is 70.5 Å². The molecule has 0 heterocycles. The van der Waals surface area contributed by atoms with Crippen molar-refractivity contribution in [2.45, 2.75) is 32.3 Å². The van der Waals surface area contributed by atoms with Crippen molar-refractivity contribution in [3.8, 4) is 11.5 Å². The quantitative estimate of drug-likeness (QED) is 0.102. The summed E-state index contributed by atoms with van der Waals surface area (Å²) in [6, 6.07) is 7.90. The Hall–Kier alpha value is -1.34. The maximum Gasteiger partial charge on any atom is 2.00 e. The first-order chi connectivity index (χ1) is 16.8. The van der Waals surface area contributed by atoms with Gasteiger partial charge in [-0.1, -0.05) is 36.4 Å². The standard InChI is InChI=1S/C21H32N2O11P2.Fe/c24-10-17-5-1-3-15(20(17)27)7-22(13-35(29,30)31)9-19(12-26)23(14-36(32,33)34)8-16-4-2-6-18(11-25)21(16)28;/h1-6,19,24-28H,7-14H2,(H2,29,30,31)(H2,32,33,34);/q;+2/t19-;/m1./s1. The molecule has 1 atom stereocenters. The summed E-state index contributed by atoms with van der Waals surface area (Å²) in [6.45, 7) is -2.37. The van der Waals surface area contributed by atoms with Gasteiger partial charge in [-0.3, -0.25) is 18.9 Å². The van der Waals surface area contributed by atoms with Crippen LogP contribution in [0.25, 0.3) is 0 Å². The summed E-state index contributed by atoms with van der Waals surface area (Å²) >= 11 is 0. The van der Waals surface area contributed by atoms with Crippen molar-refractivity contribution in [2.75, 3.05) is 25.7 Å². The van der Waals surface area contributed by atoms with Crippen molar-refractivity contribution < 1.29 is 71.3 Å². The molecule has 0 saturated carbocycles. The van der Waals surface area contributed by atoms with Crippen LogP contribution in [-0.4, -0.2) is 86.7 Å². The van der Waals surface area contributed by atoms with Gasteiger partial charge >= 0.3 is 32.3 Å². The molecule has 0 aromatic heterocycles. The van der Waals surface area contributed by atoms with E-state index in [0.717, 1.165) is 0 Å². The molecule has 16 heteroatoms. The first-order valence-electron chi connectivity index (χ1n) is 10.8. The Morgan fingerprint density at radius 1 is 0.703 bits per heavy atom. The number of para-hydroxylation sites is 2. The van der Waals surface area contributed by atoms with Gasteiger partial charge in [-0.05, 0) is 0 Å². The first kappa shape index (κ1) is 33.7. The number of phenols is 2. The maximum atomic E-state index is 11.9. The topological polar surface area (TPSA) is 223 Å². The van der Waals surface area contributed by atoms with Gasteiger partial charge in [0.05, 0.1) is 19.8 Å². The predicted octanol–water partition coefficient (Wildman–Crippen LogP) is 0.0154. The summed E-state index contributed by atoms with van der Waals surface area (Å²) < 4.78 is 23.7. The van der Waals surface area contributed by atoms with Crippen LogP contribution in [0.1, 0.15) is 22.3 Å². The molecular formula is C21H32FeN2O11P2+2. The zero-order valence-corrected chi connectivity index (χ0v) is 22.6. The van der Waals surface area contributed by atoms with Crippen molar-refractivity contribution in [3.63, 3.8) is 0 Å². The molecule has 9 N–H and O–H groups in total. The van der Waals surface area contributed by atoms with Crippen LogP contribution < -0.4 is 0 Å². The number of aliphatic hydroxyl groups excluding tert-OH is 3. The fraction of sp³-hybridized carbons (Fsp3) is 0.429. The molecule has 2 rings (SSSR count). The van der Waals surface area contributed by atoms with Crippen molar-refractivity contribution in [1.82, 2.24) is 9.80 Å². The van der Waals surface area contributed by atoms with E-state index >= 15 is 0 Å². The average molecular weight is 606 g/mol. The summed E-state index contributed by atoms with van der Waals surface area (Å²) in [5, 5.41) is 49.6. The summed E-state index contributed by atoms with van der Waals surface area (Å²) in [7, 11) is -9.33. The fourth-order valence-electron chi connectivity index (χ4n) is 3.81. The number of aromatic hydroxyl groups is 2. The Morgan fingerprint density at radius 2 is 1.14 bits per heavy atom. The van der Waals surface area contributed by atoms with Crippen LogP contribution in [0.15, 0.2) is 36.4 Å². The SMILES string of the molecule is O=P(O)(O)CN(Cc1cccc(CO)c1O)C[C@H](CO)N(Cc1cccc(CO)c1O)CP(=O)(O)O.[Fe+2]. The van der Waals surface area contributed by atoms with Gasteiger partial charge in [-0.25, -0.2) is 0 Å². The minimum atomic E-state index is -4.69. The number of nitrogens with zero attached hydrogens (tertiary/aromatic N) is 2. The molecule has 13 nitrogen and oxygen atoms in total. The van der Waals surface area contributed by atoms with E-state index in [1.807, 2.05) is 0 Å². The molecule has 0 fully saturated rings. The molecular weight excluding hydrogens is 574 g/mol. The Labute approximate surface area is 224 Å². The second kappa shape index (κ2) is 14.7. The van der Waals surface area contributed by atoms with Gasteiger partial charge in [0.25, 0.3) is 0 Å². The number of rotatable bonds is 14. The van der Waals surface area contributed by atoms with E-state index in [0.29, 0.717) is 0 Å². The van der Waals surface area contributed by atoms with Crippen molar-refractivity contribution in [3.05, 3.63) is 58.7 Å². The van der Waals surface area contributed by atoms with Crippen LogP contribution in [0.5, 0.6) is 11.5 Å². The molecule has 2 aromatic carbocycles. The number of hydrogen-bond donors (Lipinski definition) is 9. The smallest absolute Gasteiger partial charge is 0.507 e. The zero-order chi connectivity index (χ0) is 27.1. The third-order valence-electron chi connectivity index (χ3n) is 5.46. The number of hydrogen-bond acceptors (Lipinski definition) is 9. The first-order valence-corrected chi connectivity index (χ1v) is 14.3. The third-order valence-corrected chi connectivity index (χ3v) is 6.96. The Balaban J connectivity index is 0.00000684. The number of aliphatic hydroxyl groups is 3. The summed E-state index contributed by atoms with van der Waals surface area (Å²) in [4.78, 5) is 40.8. The van der Waals surface area contributed by atoms with Gasteiger partial charge in [0, 0.05) is 47.9 Å². The van der Waals surface area contributed by atoms with Crippen LogP contribution >= 0.6 is 15.2 Å². The van der Waals surface area contributed by atoms with Crippen LogP contribution in [-0.2, 0) is 52.5 Å². The summed E-state index contributed by atoms with van der Waals surface area (Å²) in [6.07, 6.45) is -1.63. The van der Waals surface area contributed by atoms with Crippen LogP contribution in [0, 0.1) is 0 Å². The van der Waals surface area contributed by atoms with E-state index in [2.05, 4.69) is 0 Å². The summed E-state index contributed by atoms with van der Waals surface area (Å²) in [5.74, 6) is -0.556. The normalized spacial score (nSPS) is 13.1. The Morgan fingerprint density at radius 3 is 1.54 bits per heavy atom. The molecule has 0 saturated heterocycles. The van der Waals surface area contributed by atoms with Gasteiger partial charge in [0.15, 0.2) is 0 Å². The fourth-order valence-corrected chi connectivity index (χ4v) is 5.35. The van der Waals surface area contributed by atoms with Crippen LogP contribution in [0.2, 0.25) is 0 Å². The van der Waals surface area contributed by atoms with E-state index in [9.17, 15) is 54.2 Å². The molecule has 0 radical (unpaired) electrons. The molecule has 0 spiro atoms. The maximum absolute atomic E-state index is 11.9. The molecule has 0 unspecified atom stereocenters. The van der Waals surface area contributed by atoms with E-state index in [1.54, 1.807) is 0 Å². The molecule has 0 aliphatic rings. The van der Waals surface area contributed by atoms with Crippen LogP contribution in [0.4, 0.5) is 0 Å². The monoisotopic (exact) mass is 606 g/mol. The molecule has 2 aromatic rings. The van der Waals surface area contributed by atoms with Gasteiger partial charge < -0.3 is 45.1 Å². The Bertz CT molecular complexity index is 1110. The molecule has 0 bridgehead atoms. The van der Waals surface area contributed by atoms with Gasteiger partial charge in [0.1, 0.15) is 24.1 Å². The molecule has 0 aliphatic heterocycles. The summed E-state index contributed by atoms with van der Waals surface area (Å²) in [5.41, 5.74) is 0.834. The predicted molar refractivity (Wildman–Crippen MR) is 129 cm³/mol. The number of benzene rings is 2. The molecule has 0 amide bonds. The van der Waals surface area contributed by atoms with Crippen molar-refractivity contribution in [1.29, 1.82) is 0 Å². The average Bonchev–Trinajstić information content (AvgIpc) is 2.77. The van der Waals surface area contributed by atoms with E-state index < -0.39 is 53.6 Å². The minimum absolute atomic E-state index is 0. The second-order valence-corrected chi connectivity index (χ2v) is 11.6. The molecule has 37 heavy (non-hydrogen) atoms. The van der Waals surface area contributed by atoms with Gasteiger partial charge in [0.2, 0.25) is 0 Å². The van der Waals surface area contributed by atoms with Crippen LogP contribution in [0.3, 0.4) is 0 Å². The largest absolute Gasteiger partial charge is 2.00 e. The van der Waals surface area contributed by atoms with E-state index in [1.165, 1.54) is 46.2 Å². The van der Waals surface area contributed by atoms with Crippen molar-refractivity contribution in [2.24, 2.45) is 0 Å². The van der Waals surface area contributed by atoms with Gasteiger partial charge in [-0.15, -0.1) is 0 Å². The second-order valence-electron chi connectivity index (χ2n) is 8.37. The zero-order valence-electron chi connectivity index (χ0n) is 19.7. The molecule has 0 aliphatic carbocycles. The Kier molecular flexibility index (Phi) is 13.4. The van der Waals surface area contributed by atoms with Gasteiger partial charge in [-0.2, -0.15) is 0 Å². The van der Waals surface area contributed by atoms with E-state index in [4.69, 9.17) is 0 Å².